The van der Waals surface area contributed by atoms with Gasteiger partial charge in [-0.2, -0.15) is 5.26 Å². The van der Waals surface area contributed by atoms with Crippen LogP contribution in [0.4, 0.5) is 0 Å². The predicted molar refractivity (Wildman–Crippen MR) is 101 cm³/mol. The van der Waals surface area contributed by atoms with Gasteiger partial charge in [0.1, 0.15) is 11.8 Å². The van der Waals surface area contributed by atoms with Crippen LogP contribution in [0.2, 0.25) is 0 Å². The van der Waals surface area contributed by atoms with Crippen LogP contribution in [0, 0.1) is 17.2 Å². The zero-order valence-corrected chi connectivity index (χ0v) is 15.5. The zero-order chi connectivity index (χ0) is 18.1. The summed E-state index contributed by atoms with van der Waals surface area (Å²) in [5.74, 6) is 1.05. The van der Waals surface area contributed by atoms with E-state index in [0.717, 1.165) is 13.1 Å². The molecule has 4 heterocycles. The number of nitriles is 1. The number of ether oxygens (including phenoxy) is 1. The summed E-state index contributed by atoms with van der Waals surface area (Å²) in [5.41, 5.74) is 0.480. The second-order valence-electron chi connectivity index (χ2n) is 6.94. The number of carbonyl (C=O) groups excluding carboxylic acids is 1. The van der Waals surface area contributed by atoms with E-state index in [0.29, 0.717) is 33.2 Å². The highest BCUT2D eigenvalue weighted by molar-refractivity contribution is 7.15. The van der Waals surface area contributed by atoms with Gasteiger partial charge in [0.05, 0.1) is 10.4 Å². The Morgan fingerprint density at radius 2 is 2.04 bits per heavy atom. The Morgan fingerprint density at radius 3 is 2.77 bits per heavy atom. The molecule has 1 N–H and O–H groups in total. The number of piperidine rings is 3. The Bertz CT molecular complexity index is 847. The fourth-order valence-corrected chi connectivity index (χ4v) is 4.79. The molecule has 0 radical (unpaired) electrons. The van der Waals surface area contributed by atoms with Crippen molar-refractivity contribution in [2.45, 2.75) is 31.8 Å². The zero-order valence-electron chi connectivity index (χ0n) is 14.6. The maximum Gasteiger partial charge on any atom is 0.261 e. The Hall–Kier alpha value is -2.36. The van der Waals surface area contributed by atoms with E-state index in [9.17, 15) is 4.79 Å². The summed E-state index contributed by atoms with van der Waals surface area (Å²) in [4.78, 5) is 15.8. The summed E-state index contributed by atoms with van der Waals surface area (Å²) in [6.07, 6.45) is 2.33. The average molecular weight is 367 g/mol. The van der Waals surface area contributed by atoms with E-state index in [1.165, 1.54) is 24.2 Å². The van der Waals surface area contributed by atoms with Crippen molar-refractivity contribution >= 4 is 17.2 Å². The molecule has 1 amide bonds. The van der Waals surface area contributed by atoms with Crippen molar-refractivity contribution in [2.24, 2.45) is 5.92 Å². The van der Waals surface area contributed by atoms with Gasteiger partial charge in [-0.25, -0.2) is 0 Å². The summed E-state index contributed by atoms with van der Waals surface area (Å²) in [7, 11) is 0. The van der Waals surface area contributed by atoms with Gasteiger partial charge in [0, 0.05) is 12.1 Å². The van der Waals surface area contributed by atoms with E-state index < -0.39 is 0 Å². The van der Waals surface area contributed by atoms with Gasteiger partial charge < -0.3 is 10.1 Å². The Kier molecular flexibility index (Phi) is 4.66. The van der Waals surface area contributed by atoms with Gasteiger partial charge >= 0.3 is 0 Å². The van der Waals surface area contributed by atoms with Gasteiger partial charge in [-0.15, -0.1) is 0 Å². The van der Waals surface area contributed by atoms with Crippen LogP contribution in [0.3, 0.4) is 0 Å². The molecule has 2 unspecified atom stereocenters. The number of fused-ring (bicyclic) bond motifs is 3. The van der Waals surface area contributed by atoms with Crippen molar-refractivity contribution in [2.75, 3.05) is 13.1 Å². The molecule has 3 saturated heterocycles. The van der Waals surface area contributed by atoms with E-state index in [1.54, 1.807) is 30.3 Å². The number of benzene rings is 1. The smallest absolute Gasteiger partial charge is 0.261 e. The third-order valence-electron chi connectivity index (χ3n) is 5.50. The van der Waals surface area contributed by atoms with Gasteiger partial charge in [0.25, 0.3) is 5.91 Å². The number of carbonyl (C=O) groups is 1. The van der Waals surface area contributed by atoms with Crippen LogP contribution in [0.5, 0.6) is 10.8 Å². The number of hydrogen-bond acceptors (Lipinski definition) is 5. The molecule has 0 saturated carbocycles. The Balaban J connectivity index is 1.44. The van der Waals surface area contributed by atoms with E-state index in [4.69, 9.17) is 10.00 Å². The number of nitrogens with zero attached hydrogens (tertiary/aromatic N) is 2. The number of nitrogens with one attached hydrogen (secondary N) is 1. The van der Waals surface area contributed by atoms with Crippen molar-refractivity contribution in [3.05, 3.63) is 46.8 Å². The lowest BCUT2D eigenvalue weighted by molar-refractivity contribution is 0.0218. The van der Waals surface area contributed by atoms with Gasteiger partial charge in [-0.05, 0) is 63.0 Å². The number of para-hydroxylation sites is 1. The first-order chi connectivity index (χ1) is 12.7. The minimum Gasteiger partial charge on any atom is -0.445 e. The summed E-state index contributed by atoms with van der Waals surface area (Å²) < 4.78 is 5.80. The molecule has 1 aromatic heterocycles. The maximum atomic E-state index is 12.7. The molecular weight excluding hydrogens is 346 g/mol. The molecule has 5 rings (SSSR count). The molecule has 3 fully saturated rings. The third kappa shape index (κ3) is 3.20. The molecule has 134 valence electrons. The van der Waals surface area contributed by atoms with Crippen LogP contribution in [0.1, 0.15) is 35.0 Å². The Morgan fingerprint density at radius 1 is 1.27 bits per heavy atom. The molecule has 1 aromatic carbocycles. The molecule has 2 aromatic rings. The van der Waals surface area contributed by atoms with Crippen LogP contribution < -0.4 is 10.1 Å². The fraction of sp³-hybridized carbons (Fsp3) is 0.400. The molecule has 0 spiro atoms. The normalized spacial score (nSPS) is 26.9. The van der Waals surface area contributed by atoms with Crippen LogP contribution in [-0.4, -0.2) is 36.0 Å². The highest BCUT2D eigenvalue weighted by Gasteiger charge is 2.40. The lowest BCUT2D eigenvalue weighted by Crippen LogP contribution is -2.62. The van der Waals surface area contributed by atoms with Crippen LogP contribution in [0.25, 0.3) is 0 Å². The van der Waals surface area contributed by atoms with Crippen molar-refractivity contribution in [3.63, 3.8) is 0 Å². The number of hydrogen-bond donors (Lipinski definition) is 1. The lowest BCUT2D eigenvalue weighted by atomic mass is 9.79. The largest absolute Gasteiger partial charge is 0.445 e. The molecule has 2 bridgehead atoms. The summed E-state index contributed by atoms with van der Waals surface area (Å²) in [6.45, 7) is 4.50. The molecular formula is C20H21N3O2S. The average Bonchev–Trinajstić information content (AvgIpc) is 3.14. The van der Waals surface area contributed by atoms with Gasteiger partial charge in [0.15, 0.2) is 5.06 Å². The second kappa shape index (κ2) is 7.10. The molecule has 3 aliphatic heterocycles. The van der Waals surface area contributed by atoms with Gasteiger partial charge in [-0.3, -0.25) is 9.69 Å². The molecule has 6 heteroatoms. The van der Waals surface area contributed by atoms with Crippen LogP contribution >= 0.6 is 11.3 Å². The maximum absolute atomic E-state index is 12.7. The first-order valence-electron chi connectivity index (χ1n) is 8.97. The standard InChI is InChI=1S/C20H21N3O2S/c1-13-19(14-8-10-23(13)11-9-14)22-20(24)17-6-7-18(26-17)25-16-5-3-2-4-15(16)12-21/h2-7,13-14,19H,8-11H2,1H3,(H,22,24). The van der Waals surface area contributed by atoms with E-state index >= 15 is 0 Å². The van der Waals surface area contributed by atoms with E-state index in [2.05, 4.69) is 23.2 Å². The predicted octanol–water partition coefficient (Wildman–Crippen LogP) is 3.62. The molecule has 5 nitrogen and oxygen atoms in total. The van der Waals surface area contributed by atoms with Crippen LogP contribution in [0.15, 0.2) is 36.4 Å². The minimum absolute atomic E-state index is 0.0379. The van der Waals surface area contributed by atoms with Gasteiger partial charge in [-0.1, -0.05) is 23.5 Å². The first-order valence-corrected chi connectivity index (χ1v) is 9.79. The Labute approximate surface area is 157 Å². The quantitative estimate of drug-likeness (QED) is 0.896. The molecule has 0 aliphatic carbocycles. The van der Waals surface area contributed by atoms with Crippen molar-refractivity contribution in [3.8, 4) is 16.9 Å². The minimum atomic E-state index is -0.0379. The lowest BCUT2D eigenvalue weighted by Gasteiger charge is -2.49. The van der Waals surface area contributed by atoms with Crippen molar-refractivity contribution < 1.29 is 9.53 Å². The summed E-state index contributed by atoms with van der Waals surface area (Å²) in [5, 5.41) is 13.0. The monoisotopic (exact) mass is 367 g/mol. The first kappa shape index (κ1) is 17.1. The van der Waals surface area contributed by atoms with Crippen molar-refractivity contribution in [1.82, 2.24) is 10.2 Å². The highest BCUT2D eigenvalue weighted by Crippen LogP contribution is 2.34. The molecule has 2 atom stereocenters. The highest BCUT2D eigenvalue weighted by atomic mass is 32.1. The van der Waals surface area contributed by atoms with Crippen LogP contribution in [-0.2, 0) is 0 Å². The molecule has 26 heavy (non-hydrogen) atoms. The fourth-order valence-electron chi connectivity index (χ4n) is 4.02. The topological polar surface area (TPSA) is 65.4 Å². The molecule has 3 aliphatic rings. The second-order valence-corrected chi connectivity index (χ2v) is 7.99. The summed E-state index contributed by atoms with van der Waals surface area (Å²) >= 11 is 1.31. The van der Waals surface area contributed by atoms with E-state index in [-0.39, 0.29) is 11.9 Å². The van der Waals surface area contributed by atoms with Gasteiger partial charge in [0.2, 0.25) is 0 Å². The number of amides is 1. The SMILES string of the molecule is CC1C(NC(=O)c2ccc(Oc3ccccc3C#N)s2)C2CCN1CC2. The third-order valence-corrected chi connectivity index (χ3v) is 6.46. The number of thiophene rings is 1. The van der Waals surface area contributed by atoms with Crippen molar-refractivity contribution in [1.29, 1.82) is 5.26 Å². The summed E-state index contributed by atoms with van der Waals surface area (Å²) in [6, 6.07) is 13.4. The van der Waals surface area contributed by atoms with E-state index in [1.807, 2.05) is 6.07 Å². The number of rotatable bonds is 4.